The minimum atomic E-state index is 0.723. The van der Waals surface area contributed by atoms with E-state index in [0.717, 1.165) is 48.4 Å². The van der Waals surface area contributed by atoms with E-state index in [1.165, 1.54) is 5.56 Å². The van der Waals surface area contributed by atoms with Crippen molar-refractivity contribution >= 4 is 17.2 Å². The van der Waals surface area contributed by atoms with Gasteiger partial charge in [0.25, 0.3) is 0 Å². The lowest BCUT2D eigenvalue weighted by Gasteiger charge is -2.29. The Labute approximate surface area is 136 Å². The maximum atomic E-state index is 6.03. The van der Waals surface area contributed by atoms with Gasteiger partial charge in [-0.2, -0.15) is 0 Å². The zero-order valence-electron chi connectivity index (χ0n) is 12.6. The summed E-state index contributed by atoms with van der Waals surface area (Å²) in [6.45, 7) is 5.17. The van der Waals surface area contributed by atoms with Gasteiger partial charge in [0, 0.05) is 13.1 Å². The third kappa shape index (κ3) is 3.46. The van der Waals surface area contributed by atoms with Crippen LogP contribution in [0.25, 0.3) is 0 Å². The number of aryl methyl sites for hydroxylation is 1. The molecule has 3 rings (SSSR count). The molecule has 0 radical (unpaired) electrons. The number of hydrogen-bond donors (Lipinski definition) is 0. The second-order valence-corrected chi connectivity index (χ2v) is 5.70. The first kappa shape index (κ1) is 15.0. The van der Waals surface area contributed by atoms with Crippen molar-refractivity contribution in [3.8, 4) is 11.5 Å². The van der Waals surface area contributed by atoms with Gasteiger partial charge in [-0.05, 0) is 31.2 Å². The van der Waals surface area contributed by atoms with Gasteiger partial charge in [-0.25, -0.2) is 0 Å². The molecule has 0 atom stereocenters. The molecule has 2 aromatic carbocycles. The molecule has 1 saturated heterocycles. The Morgan fingerprint density at radius 2 is 1.73 bits per heavy atom. The van der Waals surface area contributed by atoms with Crippen LogP contribution in [0.15, 0.2) is 48.5 Å². The first-order chi connectivity index (χ1) is 10.7. The van der Waals surface area contributed by atoms with Crippen LogP contribution in [0.3, 0.4) is 0 Å². The van der Waals surface area contributed by atoms with Crippen molar-refractivity contribution in [3.05, 3.63) is 59.7 Å². The molecule has 0 unspecified atom stereocenters. The molecule has 0 amide bonds. The quantitative estimate of drug-likeness (QED) is 0.804. The van der Waals surface area contributed by atoms with Crippen molar-refractivity contribution in [2.45, 2.75) is 6.92 Å². The van der Waals surface area contributed by atoms with Gasteiger partial charge in [0.1, 0.15) is 16.5 Å². The van der Waals surface area contributed by atoms with E-state index in [2.05, 4.69) is 11.8 Å². The molecule has 0 aromatic heterocycles. The molecular formula is C18H19NO2S. The van der Waals surface area contributed by atoms with Crippen molar-refractivity contribution in [3.63, 3.8) is 0 Å². The van der Waals surface area contributed by atoms with Crippen LogP contribution in [-0.2, 0) is 4.74 Å². The van der Waals surface area contributed by atoms with E-state index in [1.54, 1.807) is 0 Å². The highest BCUT2D eigenvalue weighted by atomic mass is 32.1. The normalized spacial score (nSPS) is 14.7. The second-order valence-electron chi connectivity index (χ2n) is 5.32. The van der Waals surface area contributed by atoms with Crippen LogP contribution in [-0.4, -0.2) is 36.2 Å². The summed E-state index contributed by atoms with van der Waals surface area (Å²) in [5.74, 6) is 1.62. The van der Waals surface area contributed by atoms with Crippen LogP contribution < -0.4 is 4.74 Å². The number of benzene rings is 2. The highest BCUT2D eigenvalue weighted by Gasteiger charge is 2.18. The minimum absolute atomic E-state index is 0.723. The largest absolute Gasteiger partial charge is 0.457 e. The summed E-state index contributed by atoms with van der Waals surface area (Å²) in [5, 5.41) is 0. The van der Waals surface area contributed by atoms with Crippen molar-refractivity contribution in [2.24, 2.45) is 0 Å². The number of ether oxygens (including phenoxy) is 2. The molecule has 1 fully saturated rings. The molecule has 22 heavy (non-hydrogen) atoms. The Bertz CT molecular complexity index is 648. The van der Waals surface area contributed by atoms with E-state index in [0.29, 0.717) is 0 Å². The number of thiocarbonyl (C=S) groups is 1. The van der Waals surface area contributed by atoms with E-state index < -0.39 is 0 Å². The Balaban J connectivity index is 1.82. The zero-order chi connectivity index (χ0) is 15.4. The molecule has 0 spiro atoms. The third-order valence-electron chi connectivity index (χ3n) is 3.66. The highest BCUT2D eigenvalue weighted by molar-refractivity contribution is 7.80. The van der Waals surface area contributed by atoms with Crippen LogP contribution in [0, 0.1) is 6.92 Å². The average molecular weight is 313 g/mol. The molecule has 2 aromatic rings. The Kier molecular flexibility index (Phi) is 4.71. The van der Waals surface area contributed by atoms with Gasteiger partial charge >= 0.3 is 0 Å². The second kappa shape index (κ2) is 6.90. The number of para-hydroxylation sites is 1. The van der Waals surface area contributed by atoms with Crippen LogP contribution in [0.5, 0.6) is 11.5 Å². The summed E-state index contributed by atoms with van der Waals surface area (Å²) in [7, 11) is 0. The standard InChI is InChI=1S/C18H19NO2S/c1-14-6-8-15(9-7-14)21-17-5-3-2-4-16(17)18(22)19-10-12-20-13-11-19/h2-9H,10-13H2,1H3. The van der Waals surface area contributed by atoms with E-state index in [9.17, 15) is 0 Å². The molecule has 3 nitrogen and oxygen atoms in total. The fourth-order valence-electron chi connectivity index (χ4n) is 2.40. The molecule has 0 aliphatic carbocycles. The van der Waals surface area contributed by atoms with Gasteiger partial charge in [-0.15, -0.1) is 0 Å². The predicted molar refractivity (Wildman–Crippen MR) is 91.8 cm³/mol. The van der Waals surface area contributed by atoms with Crippen molar-refractivity contribution < 1.29 is 9.47 Å². The number of hydrogen-bond acceptors (Lipinski definition) is 3. The molecule has 0 saturated carbocycles. The molecule has 0 bridgehead atoms. The Hall–Kier alpha value is -1.91. The minimum Gasteiger partial charge on any atom is -0.457 e. The summed E-state index contributed by atoms with van der Waals surface area (Å²) in [6.07, 6.45) is 0. The van der Waals surface area contributed by atoms with Crippen molar-refractivity contribution in [2.75, 3.05) is 26.3 Å². The number of rotatable bonds is 3. The lowest BCUT2D eigenvalue weighted by molar-refractivity contribution is 0.0692. The molecule has 4 heteroatoms. The maximum Gasteiger partial charge on any atom is 0.137 e. The summed E-state index contributed by atoms with van der Waals surface area (Å²) in [5.41, 5.74) is 2.17. The lowest BCUT2D eigenvalue weighted by Crippen LogP contribution is -2.40. The predicted octanol–water partition coefficient (Wildman–Crippen LogP) is 3.80. The first-order valence-electron chi connectivity index (χ1n) is 7.44. The molecule has 0 N–H and O–H groups in total. The van der Waals surface area contributed by atoms with Gasteiger partial charge in [0.2, 0.25) is 0 Å². The van der Waals surface area contributed by atoms with Crippen LogP contribution >= 0.6 is 12.2 Å². The van der Waals surface area contributed by atoms with Gasteiger partial charge in [-0.1, -0.05) is 42.0 Å². The highest BCUT2D eigenvalue weighted by Crippen LogP contribution is 2.27. The molecule has 1 aliphatic heterocycles. The van der Waals surface area contributed by atoms with Gasteiger partial charge in [-0.3, -0.25) is 0 Å². The summed E-state index contributed by atoms with van der Waals surface area (Å²) >= 11 is 5.66. The topological polar surface area (TPSA) is 21.7 Å². The zero-order valence-corrected chi connectivity index (χ0v) is 13.4. The Morgan fingerprint density at radius 3 is 2.45 bits per heavy atom. The maximum absolute atomic E-state index is 6.03. The van der Waals surface area contributed by atoms with Crippen LogP contribution in [0.4, 0.5) is 0 Å². The van der Waals surface area contributed by atoms with Crippen LogP contribution in [0.2, 0.25) is 0 Å². The van der Waals surface area contributed by atoms with Gasteiger partial charge in [0.05, 0.1) is 18.8 Å². The van der Waals surface area contributed by atoms with E-state index >= 15 is 0 Å². The summed E-state index contributed by atoms with van der Waals surface area (Å²) < 4.78 is 11.4. The summed E-state index contributed by atoms with van der Waals surface area (Å²) in [6, 6.07) is 16.0. The van der Waals surface area contributed by atoms with Crippen molar-refractivity contribution in [1.82, 2.24) is 4.90 Å². The number of nitrogens with zero attached hydrogens (tertiary/aromatic N) is 1. The smallest absolute Gasteiger partial charge is 0.137 e. The van der Waals surface area contributed by atoms with E-state index in [-0.39, 0.29) is 0 Å². The average Bonchev–Trinajstić information content (AvgIpc) is 2.58. The molecule has 114 valence electrons. The monoisotopic (exact) mass is 313 g/mol. The molecule has 1 aliphatic rings. The SMILES string of the molecule is Cc1ccc(Oc2ccccc2C(=S)N2CCOCC2)cc1. The third-order valence-corrected chi connectivity index (χ3v) is 4.14. The van der Waals surface area contributed by atoms with Crippen LogP contribution in [0.1, 0.15) is 11.1 Å². The fourth-order valence-corrected chi connectivity index (χ4v) is 2.75. The van der Waals surface area contributed by atoms with Gasteiger partial charge in [0.15, 0.2) is 0 Å². The fraction of sp³-hybridized carbons (Fsp3) is 0.278. The first-order valence-corrected chi connectivity index (χ1v) is 7.85. The molecular weight excluding hydrogens is 294 g/mol. The van der Waals surface area contributed by atoms with Gasteiger partial charge < -0.3 is 14.4 Å². The van der Waals surface area contributed by atoms with E-state index in [4.69, 9.17) is 21.7 Å². The Morgan fingerprint density at radius 1 is 1.05 bits per heavy atom. The van der Waals surface area contributed by atoms with E-state index in [1.807, 2.05) is 48.5 Å². The van der Waals surface area contributed by atoms with Crippen molar-refractivity contribution in [1.29, 1.82) is 0 Å². The summed E-state index contributed by atoms with van der Waals surface area (Å²) in [4.78, 5) is 3.00. The lowest BCUT2D eigenvalue weighted by atomic mass is 10.1. The molecule has 1 heterocycles. The number of morpholine rings is 1.